The second kappa shape index (κ2) is 18.4. The molecule has 2 amide bonds. The Bertz CT molecular complexity index is 1850. The minimum Gasteiger partial charge on any atom is -0.493 e. The summed E-state index contributed by atoms with van der Waals surface area (Å²) in [5, 5.41) is 24.3. The van der Waals surface area contributed by atoms with E-state index >= 15 is 0 Å². The van der Waals surface area contributed by atoms with Gasteiger partial charge < -0.3 is 28.4 Å². The number of benzene rings is 2. The van der Waals surface area contributed by atoms with Crippen LogP contribution in [-0.2, 0) is 19.1 Å². The van der Waals surface area contributed by atoms with Crippen LogP contribution < -0.4 is 18.9 Å². The van der Waals surface area contributed by atoms with E-state index in [2.05, 4.69) is 0 Å². The van der Waals surface area contributed by atoms with E-state index in [9.17, 15) is 39.4 Å². The summed E-state index contributed by atoms with van der Waals surface area (Å²) in [6.07, 6.45) is 10.2. The zero-order valence-corrected chi connectivity index (χ0v) is 31.0. The Hall–Kier alpha value is -6.72. The first-order valence-electron chi connectivity index (χ1n) is 16.8. The Balaban J connectivity index is 1.51. The van der Waals surface area contributed by atoms with Crippen LogP contribution in [0.1, 0.15) is 53.8 Å². The van der Waals surface area contributed by atoms with E-state index in [1.807, 2.05) is 0 Å². The van der Waals surface area contributed by atoms with E-state index in [0.717, 1.165) is 34.1 Å². The highest BCUT2D eigenvalue weighted by Crippen LogP contribution is 2.39. The number of hydrogen-bond donors (Lipinski definition) is 0. The molecule has 0 aromatic heterocycles. The van der Waals surface area contributed by atoms with Gasteiger partial charge in [-0.15, -0.1) is 0 Å². The molecule has 0 saturated heterocycles. The summed E-state index contributed by atoms with van der Waals surface area (Å²) in [5.74, 6) is -3.15. The van der Waals surface area contributed by atoms with Gasteiger partial charge in [0.05, 0.1) is 63.6 Å². The SMILES string of the molecule is C/C=C/C1=CN(C(=O)c2cc(OC)c(OCCCOc3cc([N+](=O)[O-])c(C(=O)N4C=C(/C=C/C)C[C@H]4C(=O)OC)cc3OC)cc2[N+](=O)[O-])[C@H](C(=O)OC)C1. The maximum atomic E-state index is 13.6. The lowest BCUT2D eigenvalue weighted by Crippen LogP contribution is -2.39. The molecule has 18 nitrogen and oxygen atoms in total. The van der Waals surface area contributed by atoms with Crippen LogP contribution in [-0.4, -0.2) is 97.1 Å². The Labute approximate surface area is 315 Å². The first kappa shape index (κ1) is 41.0. The van der Waals surface area contributed by atoms with Crippen LogP contribution in [0.4, 0.5) is 11.4 Å². The highest BCUT2D eigenvalue weighted by atomic mass is 16.6. The van der Waals surface area contributed by atoms with Gasteiger partial charge in [0.1, 0.15) is 23.2 Å². The summed E-state index contributed by atoms with van der Waals surface area (Å²) in [6, 6.07) is 2.33. The van der Waals surface area contributed by atoms with Crippen molar-refractivity contribution in [3.05, 3.63) is 103 Å². The highest BCUT2D eigenvalue weighted by molar-refractivity contribution is 6.03. The summed E-state index contributed by atoms with van der Waals surface area (Å²) >= 11 is 0. The number of allylic oxidation sites excluding steroid dienone is 4. The molecule has 0 bridgehead atoms. The smallest absolute Gasteiger partial charge is 0.329 e. The molecule has 2 aromatic carbocycles. The van der Waals surface area contributed by atoms with Crippen LogP contribution in [0.25, 0.3) is 0 Å². The van der Waals surface area contributed by atoms with Crippen molar-refractivity contribution in [2.45, 2.75) is 45.2 Å². The van der Waals surface area contributed by atoms with Gasteiger partial charge in [-0.1, -0.05) is 24.3 Å². The molecule has 0 spiro atoms. The molecule has 0 saturated carbocycles. The van der Waals surface area contributed by atoms with E-state index in [4.69, 9.17) is 28.4 Å². The summed E-state index contributed by atoms with van der Waals surface area (Å²) < 4.78 is 32.0. The molecule has 0 N–H and O–H groups in total. The molecule has 2 heterocycles. The molecule has 0 unspecified atom stereocenters. The van der Waals surface area contributed by atoms with Gasteiger partial charge >= 0.3 is 11.9 Å². The van der Waals surface area contributed by atoms with E-state index in [-0.39, 0.29) is 66.6 Å². The van der Waals surface area contributed by atoms with Crippen LogP contribution in [0.2, 0.25) is 0 Å². The Kier molecular flexibility index (Phi) is 13.7. The summed E-state index contributed by atoms with van der Waals surface area (Å²) in [5.41, 5.74) is -0.598. The van der Waals surface area contributed by atoms with E-state index in [0.29, 0.717) is 11.1 Å². The van der Waals surface area contributed by atoms with E-state index in [1.54, 1.807) is 38.2 Å². The first-order chi connectivity index (χ1) is 26.3. The van der Waals surface area contributed by atoms with Crippen molar-refractivity contribution in [1.82, 2.24) is 9.80 Å². The number of nitrogens with zero attached hydrogens (tertiary/aromatic N) is 4. The van der Waals surface area contributed by atoms with Gasteiger partial charge in [-0.3, -0.25) is 39.6 Å². The maximum Gasteiger partial charge on any atom is 0.329 e. The molecule has 0 aliphatic carbocycles. The van der Waals surface area contributed by atoms with Crippen LogP contribution in [0, 0.1) is 20.2 Å². The van der Waals surface area contributed by atoms with Crippen LogP contribution in [0.3, 0.4) is 0 Å². The third kappa shape index (κ3) is 9.09. The molecule has 18 heteroatoms. The number of ether oxygens (including phenoxy) is 6. The van der Waals surface area contributed by atoms with Crippen molar-refractivity contribution < 1.29 is 57.4 Å². The van der Waals surface area contributed by atoms with Gasteiger partial charge in [0.2, 0.25) is 0 Å². The van der Waals surface area contributed by atoms with E-state index in [1.165, 1.54) is 40.8 Å². The van der Waals surface area contributed by atoms with Crippen molar-refractivity contribution in [3.8, 4) is 23.0 Å². The van der Waals surface area contributed by atoms with Crippen molar-refractivity contribution >= 4 is 35.1 Å². The van der Waals surface area contributed by atoms with Crippen LogP contribution in [0.5, 0.6) is 23.0 Å². The predicted molar refractivity (Wildman–Crippen MR) is 194 cm³/mol. The van der Waals surface area contributed by atoms with Crippen molar-refractivity contribution in [3.63, 3.8) is 0 Å². The third-order valence-corrected chi connectivity index (χ3v) is 8.54. The van der Waals surface area contributed by atoms with Gasteiger partial charge in [-0.05, 0) is 25.0 Å². The fraction of sp³-hybridized carbons (Fsp3) is 0.351. The molecule has 2 aliphatic rings. The number of amides is 2. The van der Waals surface area contributed by atoms with Crippen LogP contribution >= 0.6 is 0 Å². The zero-order valence-electron chi connectivity index (χ0n) is 31.0. The van der Waals surface area contributed by atoms with Gasteiger partial charge in [-0.2, -0.15) is 0 Å². The number of nitro benzene ring substituents is 2. The summed E-state index contributed by atoms with van der Waals surface area (Å²) in [6.45, 7) is 3.36. The monoisotopic (exact) mass is 764 g/mol. The topological polar surface area (TPSA) is 216 Å². The molecule has 2 atom stereocenters. The Morgan fingerprint density at radius 1 is 0.673 bits per heavy atom. The largest absolute Gasteiger partial charge is 0.493 e. The Morgan fingerprint density at radius 2 is 1.05 bits per heavy atom. The summed E-state index contributed by atoms with van der Waals surface area (Å²) in [4.78, 5) is 77.2. The lowest BCUT2D eigenvalue weighted by molar-refractivity contribution is -0.385. The molecule has 4 rings (SSSR count). The number of carbonyl (C=O) groups is 4. The first-order valence-corrected chi connectivity index (χ1v) is 16.8. The van der Waals surface area contributed by atoms with Gasteiger partial charge in [0.15, 0.2) is 23.0 Å². The van der Waals surface area contributed by atoms with Crippen molar-refractivity contribution in [2.24, 2.45) is 0 Å². The fourth-order valence-corrected chi connectivity index (χ4v) is 5.99. The maximum absolute atomic E-state index is 13.6. The number of methoxy groups -OCH3 is 4. The van der Waals surface area contributed by atoms with Crippen LogP contribution in [0.15, 0.2) is 72.1 Å². The van der Waals surface area contributed by atoms with Crippen molar-refractivity contribution in [2.75, 3.05) is 41.7 Å². The normalized spacial score (nSPS) is 16.5. The standard InChI is InChI=1S/C37H40N4O14/c1-7-10-22-14-28(36(44)52-5)38(20-22)34(42)24-16-30(50-3)32(18-26(24)40(46)47)54-12-9-13-55-33-19-27(41(48)49)25(17-31(33)51-4)35(43)39-21-23(11-8-2)15-29(39)37(45)53-6/h7-8,10-11,16-21,28-29H,9,12-15H2,1-6H3/b10-7+,11-8+/t28-,29-/m0/s1. The van der Waals surface area contributed by atoms with Gasteiger partial charge in [0, 0.05) is 43.8 Å². The average Bonchev–Trinajstić information content (AvgIpc) is 3.81. The number of carbonyl (C=O) groups excluding carboxylic acids is 4. The third-order valence-electron chi connectivity index (χ3n) is 8.54. The molecule has 2 aliphatic heterocycles. The van der Waals surface area contributed by atoms with Gasteiger partial charge in [-0.25, -0.2) is 9.59 Å². The van der Waals surface area contributed by atoms with E-state index < -0.39 is 57.1 Å². The summed E-state index contributed by atoms with van der Waals surface area (Å²) in [7, 11) is 4.93. The highest BCUT2D eigenvalue weighted by Gasteiger charge is 2.40. The Morgan fingerprint density at radius 3 is 1.36 bits per heavy atom. The number of esters is 2. The number of nitro groups is 2. The molecule has 55 heavy (non-hydrogen) atoms. The molecular formula is C37H40N4O14. The zero-order chi connectivity index (χ0) is 40.4. The molecule has 0 radical (unpaired) electrons. The lowest BCUT2D eigenvalue weighted by atomic mass is 10.1. The molecule has 2 aromatic rings. The van der Waals surface area contributed by atoms with Gasteiger partial charge in [0.25, 0.3) is 23.2 Å². The van der Waals surface area contributed by atoms with Crippen molar-refractivity contribution in [1.29, 1.82) is 0 Å². The lowest BCUT2D eigenvalue weighted by Gasteiger charge is -2.22. The minimum atomic E-state index is -1.03. The second-order valence-corrected chi connectivity index (χ2v) is 11.9. The quantitative estimate of drug-likeness (QED) is 0.0945. The molecular weight excluding hydrogens is 724 g/mol. The average molecular weight is 765 g/mol. The molecule has 292 valence electrons. The minimum absolute atomic E-state index is 0.000914. The predicted octanol–water partition coefficient (Wildman–Crippen LogP) is 5.06. The molecule has 0 fully saturated rings. The number of hydrogen-bond acceptors (Lipinski definition) is 14. The fourth-order valence-electron chi connectivity index (χ4n) is 5.99. The number of rotatable bonds is 16. The second-order valence-electron chi connectivity index (χ2n) is 11.9.